The van der Waals surface area contributed by atoms with Gasteiger partial charge in [-0.15, -0.1) is 0 Å². The number of nitrogens with zero attached hydrogens (tertiary/aromatic N) is 2. The number of hydrogen-bond donors (Lipinski definition) is 1. The molecule has 52 heavy (non-hydrogen) atoms. The van der Waals surface area contributed by atoms with Gasteiger partial charge < -0.3 is 5.11 Å². The fourth-order valence-corrected chi connectivity index (χ4v) is 10.7. The van der Waals surface area contributed by atoms with E-state index >= 15 is 0 Å². The summed E-state index contributed by atoms with van der Waals surface area (Å²) in [5, 5.41) is 11.9. The van der Waals surface area contributed by atoms with Gasteiger partial charge in [-0.3, -0.25) is 4.79 Å². The van der Waals surface area contributed by atoms with Crippen LogP contribution in [0.15, 0.2) is 66.7 Å². The van der Waals surface area contributed by atoms with E-state index < -0.39 is 30.3 Å². The van der Waals surface area contributed by atoms with Gasteiger partial charge in [-0.25, -0.2) is 0 Å². The monoisotopic (exact) mass is 969 g/mol. The van der Waals surface area contributed by atoms with Crippen LogP contribution in [0.4, 0.5) is 0 Å². The van der Waals surface area contributed by atoms with Crippen molar-refractivity contribution >= 4 is 65.9 Å². The zero-order valence-corrected chi connectivity index (χ0v) is 37.7. The zero-order chi connectivity index (χ0) is 45.5. The van der Waals surface area contributed by atoms with E-state index in [9.17, 15) is 9.90 Å². The van der Waals surface area contributed by atoms with Crippen LogP contribution in [0.1, 0.15) is 94.1 Å². The Hall–Kier alpha value is -2.38. The van der Waals surface area contributed by atoms with Crippen molar-refractivity contribution < 1.29 is 42.3 Å². The maximum atomic E-state index is 12.3. The Balaban J connectivity index is 0.000000422. The van der Waals surface area contributed by atoms with Crippen molar-refractivity contribution in [2.45, 2.75) is 99.6 Å². The predicted octanol–water partition coefficient (Wildman–Crippen LogP) is 12.4. The fourth-order valence-electron chi connectivity index (χ4n) is 7.42. The summed E-state index contributed by atoms with van der Waals surface area (Å²) in [6, 6.07) is 17.6. The van der Waals surface area contributed by atoms with E-state index in [1.807, 2.05) is 6.07 Å². The van der Waals surface area contributed by atoms with Gasteiger partial charge in [0.2, 0.25) is 0 Å². The molecule has 1 radical (unpaired) electrons. The molecule has 2 aromatic heterocycles. The van der Waals surface area contributed by atoms with Crippen LogP contribution in [0.3, 0.4) is 0 Å². The second-order valence-electron chi connectivity index (χ2n) is 16.5. The Morgan fingerprint density at radius 3 is 2.08 bits per heavy atom. The Morgan fingerprint density at radius 1 is 0.885 bits per heavy atom. The van der Waals surface area contributed by atoms with Gasteiger partial charge in [0.05, 0.1) is 5.76 Å². The molecular weight excluding hydrogens is 897 g/mol. The number of rotatable bonds is 10. The van der Waals surface area contributed by atoms with E-state index in [1.54, 1.807) is 24.3 Å². The number of ketones is 1. The number of fused-ring (bicyclic) bond motifs is 4. The molecule has 0 aliphatic carbocycles. The Morgan fingerprint density at radius 2 is 1.50 bits per heavy atom. The molecule has 7 heteroatoms. The minimum atomic E-state index is -6.04. The van der Waals surface area contributed by atoms with Crippen molar-refractivity contribution in [3.05, 3.63) is 78.3 Å². The van der Waals surface area contributed by atoms with E-state index in [4.69, 9.17) is 12.3 Å². The summed E-state index contributed by atoms with van der Waals surface area (Å²) in [5.74, 6) is 1.63. The summed E-state index contributed by atoms with van der Waals surface area (Å²) in [7, 11) is 0. The third-order valence-electron chi connectivity index (χ3n) is 9.32. The minimum absolute atomic E-state index is 0. The number of carbonyl (C=O) groups is 1. The van der Waals surface area contributed by atoms with Gasteiger partial charge in [-0.05, 0) is 23.7 Å². The van der Waals surface area contributed by atoms with Crippen LogP contribution in [-0.4, -0.2) is 34.1 Å². The van der Waals surface area contributed by atoms with Crippen LogP contribution in [0, 0.1) is 47.0 Å². The SMILES string of the molecule is CC(C)C(C(=O)/C=C(\O)C(C(C)C)C(C)C)C(C)C.[2H][C]([2H])([2H])[Ge]([c]1cc(-c2ncnc3c2sc2cc(CC(C)(C)C)ccc23)[c-]c2ccccc12)([C]([2H])([2H])[2H])[C]([2H])([2H])[2H].[Ir]. The van der Waals surface area contributed by atoms with Crippen molar-refractivity contribution in [2.75, 3.05) is 0 Å². The minimum Gasteiger partial charge on any atom is 0 e. The van der Waals surface area contributed by atoms with Crippen molar-refractivity contribution in [1.29, 1.82) is 0 Å². The molecule has 5 rings (SSSR count). The van der Waals surface area contributed by atoms with Crippen molar-refractivity contribution in [3.8, 4) is 11.3 Å². The second kappa shape index (κ2) is 17.8. The Bertz CT molecular complexity index is 2290. The quantitative estimate of drug-likeness (QED) is 0.0656. The first kappa shape index (κ1) is 31.9. The molecule has 0 fully saturated rings. The summed E-state index contributed by atoms with van der Waals surface area (Å²) >= 11 is -4.55. The number of aromatic nitrogens is 2. The molecule has 0 saturated heterocycles. The van der Waals surface area contributed by atoms with E-state index in [0.29, 0.717) is 40.3 Å². The molecule has 283 valence electrons. The maximum Gasteiger partial charge on any atom is 0 e. The molecule has 0 amide bonds. The summed E-state index contributed by atoms with van der Waals surface area (Å²) in [6.07, 6.45) is 3.79. The molecule has 0 unspecified atom stereocenters. The third-order valence-corrected chi connectivity index (χ3v) is 13.0. The molecule has 0 saturated carbocycles. The molecule has 5 aromatic rings. The van der Waals surface area contributed by atoms with Crippen LogP contribution in [0.5, 0.6) is 0 Å². The van der Waals surface area contributed by atoms with Gasteiger partial charge in [-0.2, -0.15) is 0 Å². The number of aliphatic hydroxyl groups excluding tert-OH is 1. The molecule has 0 spiro atoms. The Kier molecular flexibility index (Phi) is 11.0. The largest absolute Gasteiger partial charge is 0 e. The summed E-state index contributed by atoms with van der Waals surface area (Å²) in [4.78, 5) is 21.4. The molecule has 0 atom stereocenters. The van der Waals surface area contributed by atoms with Gasteiger partial charge >= 0.3 is 210 Å². The van der Waals surface area contributed by atoms with E-state index in [1.165, 1.54) is 35.4 Å². The summed E-state index contributed by atoms with van der Waals surface area (Å²) in [6.45, 7) is 23.1. The molecular formula is C45H61GeIrN2O2S-. The van der Waals surface area contributed by atoms with Crippen LogP contribution >= 0.6 is 11.3 Å². The maximum absolute atomic E-state index is 12.3. The second-order valence-corrected chi connectivity index (χ2v) is 21.8. The number of thiophene rings is 1. The van der Waals surface area contributed by atoms with Gasteiger partial charge in [0, 0.05) is 38.0 Å². The molecule has 3 aromatic carbocycles. The standard InChI is InChI=1S/C28H29GeN2S.C17H32O2.Ir/c1-28(2,3)16-18-11-12-22-24(13-18)32-27-25(30-17-31-26(22)27)20-14-19-9-7-8-10-21(19)23(15-20)29(4,5)6;1-10(2)16(11(3)4)14(18)9-15(19)17(12(5)6)13(7)8;/h7-13,15,17H,16H2,1-6H3;9-13,16-18H,1-8H3;/q-1;;/b;14-9-;/i4D3,5D3,6D3;;. The number of allylic oxidation sites excluding steroid dienone is 2. The third kappa shape index (κ3) is 10.6. The number of hydrogen-bond acceptors (Lipinski definition) is 5. The molecule has 0 bridgehead atoms. The van der Waals surface area contributed by atoms with Crippen molar-refractivity contribution in [2.24, 2.45) is 40.9 Å². The van der Waals surface area contributed by atoms with Crippen molar-refractivity contribution in [1.82, 2.24) is 9.97 Å². The van der Waals surface area contributed by atoms with Crippen LogP contribution in [0.2, 0.25) is 17.1 Å². The van der Waals surface area contributed by atoms with Crippen LogP contribution < -0.4 is 4.40 Å². The average molecular weight is 968 g/mol. The summed E-state index contributed by atoms with van der Waals surface area (Å²) in [5.41, 5.74) is -6.80. The topological polar surface area (TPSA) is 63.1 Å². The summed E-state index contributed by atoms with van der Waals surface area (Å²) < 4.78 is 77.1. The van der Waals surface area contributed by atoms with Crippen LogP contribution in [-0.2, 0) is 31.3 Å². The number of carbonyl (C=O) groups excluding carboxylic acids is 1. The van der Waals surface area contributed by atoms with Crippen LogP contribution in [0.25, 0.3) is 42.3 Å². The first-order valence-corrected chi connectivity index (χ1v) is 23.0. The first-order chi connectivity index (χ1) is 27.4. The fraction of sp³-hybridized carbons (Fsp3) is 0.489. The molecule has 4 nitrogen and oxygen atoms in total. The van der Waals surface area contributed by atoms with Gasteiger partial charge in [-0.1, -0.05) is 55.4 Å². The average Bonchev–Trinajstić information content (AvgIpc) is 3.43. The molecule has 0 aliphatic rings. The molecule has 2 heterocycles. The normalized spacial score (nSPS) is 16.2. The predicted molar refractivity (Wildman–Crippen MR) is 225 cm³/mol. The van der Waals surface area contributed by atoms with E-state index in [0.717, 1.165) is 26.7 Å². The van der Waals surface area contributed by atoms with Gasteiger partial charge in [0.25, 0.3) is 0 Å². The van der Waals surface area contributed by atoms with E-state index in [2.05, 4.69) is 104 Å². The molecule has 0 aliphatic heterocycles. The van der Waals surface area contributed by atoms with Gasteiger partial charge in [0.15, 0.2) is 5.78 Å². The smallest absolute Gasteiger partial charge is 0 e. The Labute approximate surface area is 346 Å². The number of aliphatic hydroxyl groups is 1. The van der Waals surface area contributed by atoms with Crippen molar-refractivity contribution in [3.63, 3.8) is 0 Å². The first-order valence-electron chi connectivity index (χ1n) is 22.5. The zero-order valence-electron chi connectivity index (χ0n) is 41.4. The number of benzene rings is 3. The van der Waals surface area contributed by atoms with E-state index in [-0.39, 0.29) is 58.7 Å². The molecule has 1 N–H and O–H groups in total. The van der Waals surface area contributed by atoms with Gasteiger partial charge in [0.1, 0.15) is 0 Å².